The molecule has 0 saturated carbocycles. The van der Waals surface area contributed by atoms with Crippen molar-refractivity contribution in [1.29, 1.82) is 0 Å². The van der Waals surface area contributed by atoms with E-state index in [0.29, 0.717) is 24.6 Å². The van der Waals surface area contributed by atoms with Crippen molar-refractivity contribution in [2.24, 2.45) is 0 Å². The molecule has 30 heavy (non-hydrogen) atoms. The Labute approximate surface area is 167 Å². The van der Waals surface area contributed by atoms with E-state index in [4.69, 9.17) is 5.11 Å². The lowest BCUT2D eigenvalue weighted by atomic mass is 10.1. The average Bonchev–Trinajstić information content (AvgIpc) is 3.20. The largest absolute Gasteiger partial charge is 0.503 e. The molecular formula is C17H15F4N5O3S. The fourth-order valence-corrected chi connectivity index (χ4v) is 4.88. The number of aromatic hydroxyl groups is 1. The van der Waals surface area contributed by atoms with Crippen LogP contribution in [0.1, 0.15) is 12.8 Å². The van der Waals surface area contributed by atoms with Crippen LogP contribution in [0.4, 0.5) is 23.4 Å². The summed E-state index contributed by atoms with van der Waals surface area (Å²) in [4.78, 5) is 11.4. The minimum Gasteiger partial charge on any atom is -0.503 e. The summed E-state index contributed by atoms with van der Waals surface area (Å²) < 4.78 is 81.9. The molecule has 2 aromatic heterocycles. The predicted molar refractivity (Wildman–Crippen MR) is 97.4 cm³/mol. The molecule has 3 aromatic rings. The van der Waals surface area contributed by atoms with Gasteiger partial charge in [0.1, 0.15) is 17.8 Å². The standard InChI is InChI=1S/C17H15F4N5O3S/c18-10-12(20)15(13(21)11(19)14(10)27)30(28,29)25-8-2-5-26(6-3-8)17-9-1-4-22-16(9)23-7-24-17/h1,4,7-8,25,27H,2-3,5-6H2,(H,22,23,24). The Balaban J connectivity index is 1.52. The van der Waals surface area contributed by atoms with Gasteiger partial charge < -0.3 is 15.0 Å². The third kappa shape index (κ3) is 3.33. The van der Waals surface area contributed by atoms with Crippen LogP contribution in [0.15, 0.2) is 23.5 Å². The highest BCUT2D eigenvalue weighted by atomic mass is 32.2. The number of phenolic OH excluding ortho intramolecular Hbond substituents is 1. The molecule has 0 atom stereocenters. The number of phenols is 1. The summed E-state index contributed by atoms with van der Waals surface area (Å²) in [5.74, 6) is -9.99. The van der Waals surface area contributed by atoms with Crippen LogP contribution < -0.4 is 9.62 Å². The van der Waals surface area contributed by atoms with E-state index in [0.717, 1.165) is 5.39 Å². The molecule has 0 radical (unpaired) electrons. The van der Waals surface area contributed by atoms with Gasteiger partial charge >= 0.3 is 0 Å². The number of sulfonamides is 1. The molecule has 0 spiro atoms. The van der Waals surface area contributed by atoms with Gasteiger partial charge in [0.05, 0.1) is 5.39 Å². The molecule has 0 aliphatic carbocycles. The molecule has 1 fully saturated rings. The molecule has 8 nitrogen and oxygen atoms in total. The minimum atomic E-state index is -4.93. The Hall–Kier alpha value is -2.93. The third-order valence-corrected chi connectivity index (χ3v) is 6.46. The quantitative estimate of drug-likeness (QED) is 0.419. The highest BCUT2D eigenvalue weighted by molar-refractivity contribution is 7.89. The van der Waals surface area contributed by atoms with Crippen molar-refractivity contribution in [1.82, 2.24) is 19.7 Å². The fourth-order valence-electron chi connectivity index (χ4n) is 3.43. The molecule has 13 heteroatoms. The molecule has 3 heterocycles. The summed E-state index contributed by atoms with van der Waals surface area (Å²) in [5, 5.41) is 9.80. The van der Waals surface area contributed by atoms with Gasteiger partial charge in [0.2, 0.25) is 21.7 Å². The molecule has 1 aliphatic rings. The molecule has 160 valence electrons. The van der Waals surface area contributed by atoms with Gasteiger partial charge in [0.15, 0.2) is 22.3 Å². The molecule has 3 N–H and O–H groups in total. The zero-order valence-corrected chi connectivity index (χ0v) is 16.0. The van der Waals surface area contributed by atoms with Crippen LogP contribution in [0.5, 0.6) is 5.75 Å². The smallest absolute Gasteiger partial charge is 0.246 e. The number of halogens is 4. The summed E-state index contributed by atoms with van der Waals surface area (Å²) in [5.41, 5.74) is 0.644. The van der Waals surface area contributed by atoms with E-state index in [1.807, 2.05) is 4.90 Å². The zero-order chi connectivity index (χ0) is 21.6. The first-order valence-corrected chi connectivity index (χ1v) is 10.3. The van der Waals surface area contributed by atoms with Gasteiger partial charge in [-0.1, -0.05) is 0 Å². The van der Waals surface area contributed by atoms with Gasteiger partial charge in [-0.25, -0.2) is 31.9 Å². The van der Waals surface area contributed by atoms with Crippen molar-refractivity contribution in [3.8, 4) is 5.75 Å². The molecular weight excluding hydrogens is 430 g/mol. The Bertz CT molecular complexity index is 1200. The van der Waals surface area contributed by atoms with E-state index in [-0.39, 0.29) is 12.8 Å². The molecule has 4 rings (SSSR count). The minimum absolute atomic E-state index is 0.251. The van der Waals surface area contributed by atoms with Gasteiger partial charge in [-0.15, -0.1) is 0 Å². The Morgan fingerprint density at radius 2 is 1.70 bits per heavy atom. The number of rotatable bonds is 4. The lowest BCUT2D eigenvalue weighted by Gasteiger charge is -2.33. The molecule has 0 amide bonds. The number of benzene rings is 1. The number of anilines is 1. The number of fused-ring (bicyclic) bond motifs is 1. The summed E-state index contributed by atoms with van der Waals surface area (Å²) in [7, 11) is -4.93. The van der Waals surface area contributed by atoms with Crippen LogP contribution in [-0.2, 0) is 10.0 Å². The number of H-pyrrole nitrogens is 1. The number of aromatic nitrogens is 3. The van der Waals surface area contributed by atoms with Crippen molar-refractivity contribution in [3.05, 3.63) is 41.9 Å². The van der Waals surface area contributed by atoms with Gasteiger partial charge in [-0.2, -0.15) is 8.78 Å². The van der Waals surface area contributed by atoms with E-state index < -0.39 is 50.0 Å². The summed E-state index contributed by atoms with van der Waals surface area (Å²) >= 11 is 0. The molecule has 0 unspecified atom stereocenters. The SMILES string of the molecule is O=S(=O)(NC1CCN(c2ncnc3[nH]ccc23)CC1)c1c(F)c(F)c(O)c(F)c1F. The first kappa shape index (κ1) is 20.3. The van der Waals surface area contributed by atoms with Crippen molar-refractivity contribution in [3.63, 3.8) is 0 Å². The first-order chi connectivity index (χ1) is 14.2. The van der Waals surface area contributed by atoms with Crippen molar-refractivity contribution >= 4 is 26.9 Å². The monoisotopic (exact) mass is 445 g/mol. The predicted octanol–water partition coefficient (Wildman–Crippen LogP) is 2.17. The number of nitrogens with zero attached hydrogens (tertiary/aromatic N) is 3. The maximum atomic E-state index is 14.0. The molecule has 1 aliphatic heterocycles. The van der Waals surface area contributed by atoms with Crippen LogP contribution in [0.2, 0.25) is 0 Å². The maximum Gasteiger partial charge on any atom is 0.246 e. The molecule has 1 saturated heterocycles. The van der Waals surface area contributed by atoms with Gasteiger partial charge in [0.25, 0.3) is 0 Å². The van der Waals surface area contributed by atoms with Gasteiger partial charge in [0, 0.05) is 25.3 Å². The van der Waals surface area contributed by atoms with Crippen LogP contribution in [0.25, 0.3) is 11.0 Å². The topological polar surface area (TPSA) is 111 Å². The van der Waals surface area contributed by atoms with Gasteiger partial charge in [-0.3, -0.25) is 0 Å². The number of hydrogen-bond acceptors (Lipinski definition) is 6. The lowest BCUT2D eigenvalue weighted by Crippen LogP contribution is -2.45. The van der Waals surface area contributed by atoms with E-state index in [2.05, 4.69) is 19.7 Å². The van der Waals surface area contributed by atoms with E-state index in [1.54, 1.807) is 12.3 Å². The summed E-state index contributed by atoms with van der Waals surface area (Å²) in [6.07, 6.45) is 3.61. The maximum absolute atomic E-state index is 14.0. The number of hydrogen-bond donors (Lipinski definition) is 3. The molecule has 0 bridgehead atoms. The number of piperidine rings is 1. The molecule has 1 aromatic carbocycles. The van der Waals surface area contributed by atoms with Crippen molar-refractivity contribution in [2.75, 3.05) is 18.0 Å². The summed E-state index contributed by atoms with van der Waals surface area (Å²) in [6, 6.07) is 1.08. The Morgan fingerprint density at radius 3 is 2.33 bits per heavy atom. The lowest BCUT2D eigenvalue weighted by molar-refractivity contribution is 0.341. The van der Waals surface area contributed by atoms with Crippen molar-refractivity contribution < 1.29 is 31.1 Å². The van der Waals surface area contributed by atoms with E-state index in [9.17, 15) is 26.0 Å². The summed E-state index contributed by atoms with van der Waals surface area (Å²) in [6.45, 7) is 0.738. The third-order valence-electron chi connectivity index (χ3n) is 4.92. The van der Waals surface area contributed by atoms with Crippen LogP contribution in [0.3, 0.4) is 0 Å². The Kier molecular flexibility index (Phi) is 5.02. The average molecular weight is 445 g/mol. The Morgan fingerprint density at radius 1 is 1.07 bits per heavy atom. The van der Waals surface area contributed by atoms with Gasteiger partial charge in [-0.05, 0) is 18.9 Å². The highest BCUT2D eigenvalue weighted by Gasteiger charge is 2.35. The van der Waals surface area contributed by atoms with Crippen molar-refractivity contribution in [2.45, 2.75) is 23.8 Å². The highest BCUT2D eigenvalue weighted by Crippen LogP contribution is 2.32. The first-order valence-electron chi connectivity index (χ1n) is 8.81. The van der Waals surface area contributed by atoms with Crippen LogP contribution in [0, 0.1) is 23.3 Å². The van der Waals surface area contributed by atoms with Crippen LogP contribution >= 0.6 is 0 Å². The zero-order valence-electron chi connectivity index (χ0n) is 15.2. The van der Waals surface area contributed by atoms with E-state index in [1.165, 1.54) is 6.33 Å². The van der Waals surface area contributed by atoms with E-state index >= 15 is 0 Å². The van der Waals surface area contributed by atoms with Crippen LogP contribution in [-0.4, -0.2) is 47.6 Å². The second-order valence-corrected chi connectivity index (χ2v) is 8.40. The number of nitrogens with one attached hydrogen (secondary N) is 2. The second kappa shape index (κ2) is 7.40. The number of aromatic amines is 1. The fraction of sp³-hybridized carbons (Fsp3) is 0.294. The normalized spacial score (nSPS) is 15.8. The second-order valence-electron chi connectivity index (χ2n) is 6.75.